The predicted molar refractivity (Wildman–Crippen MR) is 76.0 cm³/mol. The van der Waals surface area contributed by atoms with Gasteiger partial charge in [0.25, 0.3) is 0 Å². The summed E-state index contributed by atoms with van der Waals surface area (Å²) in [5, 5.41) is 13.6. The number of carboxylic acid groups (broad SMARTS) is 1. The number of urea groups is 1. The molecule has 110 valence electrons. The fourth-order valence-corrected chi connectivity index (χ4v) is 1.40. The summed E-state index contributed by atoms with van der Waals surface area (Å²) in [5.74, 6) is 0.0213. The number of hydrogen-bond donors (Lipinski definition) is 3. The number of amides is 2. The molecule has 0 bridgehead atoms. The van der Waals surface area contributed by atoms with Crippen LogP contribution in [0.4, 0.5) is 10.5 Å². The predicted octanol–water partition coefficient (Wildman–Crippen LogP) is 2.32. The van der Waals surface area contributed by atoms with Crippen LogP contribution >= 0.6 is 0 Å². The minimum atomic E-state index is -0.953. The highest BCUT2D eigenvalue weighted by Crippen LogP contribution is 2.24. The first-order valence-electron chi connectivity index (χ1n) is 6.47. The van der Waals surface area contributed by atoms with Crippen molar-refractivity contribution in [3.05, 3.63) is 24.3 Å². The summed E-state index contributed by atoms with van der Waals surface area (Å²) in [7, 11) is 0. The van der Waals surface area contributed by atoms with E-state index in [1.165, 1.54) is 0 Å². The molecule has 0 saturated carbocycles. The third-order valence-corrected chi connectivity index (χ3v) is 2.33. The molecule has 0 spiro atoms. The molecule has 0 aliphatic rings. The molecule has 20 heavy (non-hydrogen) atoms. The molecule has 6 heteroatoms. The van der Waals surface area contributed by atoms with Crippen LogP contribution in [0, 0.1) is 5.92 Å². The van der Waals surface area contributed by atoms with Crippen molar-refractivity contribution in [1.82, 2.24) is 5.32 Å². The fraction of sp³-hybridized carbons (Fsp3) is 0.429. The van der Waals surface area contributed by atoms with Gasteiger partial charge >= 0.3 is 12.0 Å². The molecule has 1 aromatic carbocycles. The van der Waals surface area contributed by atoms with Crippen molar-refractivity contribution in [3.8, 4) is 5.75 Å². The van der Waals surface area contributed by atoms with Crippen molar-refractivity contribution in [2.24, 2.45) is 5.92 Å². The van der Waals surface area contributed by atoms with Gasteiger partial charge in [-0.05, 0) is 18.1 Å². The van der Waals surface area contributed by atoms with Crippen molar-refractivity contribution in [2.45, 2.75) is 20.3 Å². The van der Waals surface area contributed by atoms with Gasteiger partial charge in [0.15, 0.2) is 0 Å². The maximum Gasteiger partial charge on any atom is 0.319 e. The summed E-state index contributed by atoms with van der Waals surface area (Å²) >= 11 is 0. The molecule has 0 heterocycles. The zero-order valence-corrected chi connectivity index (χ0v) is 11.7. The second-order valence-corrected chi connectivity index (χ2v) is 4.73. The molecule has 6 nitrogen and oxygen atoms in total. The van der Waals surface area contributed by atoms with Crippen LogP contribution < -0.4 is 15.4 Å². The van der Waals surface area contributed by atoms with Gasteiger partial charge in [0.05, 0.1) is 18.7 Å². The van der Waals surface area contributed by atoms with E-state index in [1.807, 2.05) is 19.9 Å². The number of anilines is 1. The molecule has 2 amide bonds. The van der Waals surface area contributed by atoms with E-state index in [1.54, 1.807) is 18.2 Å². The van der Waals surface area contributed by atoms with Crippen LogP contribution in [0.15, 0.2) is 24.3 Å². The van der Waals surface area contributed by atoms with Gasteiger partial charge in [0.2, 0.25) is 0 Å². The molecule has 1 aromatic rings. The topological polar surface area (TPSA) is 87.7 Å². The molecular weight excluding hydrogens is 260 g/mol. The first-order valence-corrected chi connectivity index (χ1v) is 6.47. The molecule has 0 aliphatic carbocycles. The van der Waals surface area contributed by atoms with Crippen LogP contribution in [0.1, 0.15) is 20.3 Å². The first-order chi connectivity index (χ1) is 9.49. The standard InChI is InChI=1S/C14H20N2O4/c1-10(2)9-20-12-6-4-3-5-11(12)16-14(19)15-8-7-13(17)18/h3-6,10H,7-9H2,1-2H3,(H,17,18)(H2,15,16,19). The summed E-state index contributed by atoms with van der Waals surface area (Å²) in [6.45, 7) is 4.71. The summed E-state index contributed by atoms with van der Waals surface area (Å²) in [6.07, 6.45) is -0.112. The Balaban J connectivity index is 2.53. The lowest BCUT2D eigenvalue weighted by molar-refractivity contribution is -0.136. The van der Waals surface area contributed by atoms with Crippen molar-refractivity contribution >= 4 is 17.7 Å². The van der Waals surface area contributed by atoms with Crippen LogP contribution in [0.2, 0.25) is 0 Å². The fourth-order valence-electron chi connectivity index (χ4n) is 1.40. The molecule has 0 radical (unpaired) electrons. The van der Waals surface area contributed by atoms with Crippen molar-refractivity contribution in [3.63, 3.8) is 0 Å². The second kappa shape index (κ2) is 8.04. The van der Waals surface area contributed by atoms with Gasteiger partial charge in [-0.25, -0.2) is 4.79 Å². The SMILES string of the molecule is CC(C)COc1ccccc1NC(=O)NCCC(=O)O. The lowest BCUT2D eigenvalue weighted by Crippen LogP contribution is -2.30. The number of ether oxygens (including phenoxy) is 1. The minimum absolute atomic E-state index is 0.0795. The number of benzene rings is 1. The van der Waals surface area contributed by atoms with E-state index in [2.05, 4.69) is 10.6 Å². The Labute approximate surface area is 118 Å². The zero-order valence-electron chi connectivity index (χ0n) is 11.7. The largest absolute Gasteiger partial charge is 0.491 e. The van der Waals surface area contributed by atoms with Gasteiger partial charge in [0.1, 0.15) is 5.75 Å². The van der Waals surface area contributed by atoms with E-state index in [4.69, 9.17) is 9.84 Å². The third-order valence-electron chi connectivity index (χ3n) is 2.33. The Kier molecular flexibility index (Phi) is 6.36. The highest BCUT2D eigenvalue weighted by molar-refractivity contribution is 5.91. The number of aliphatic carboxylic acids is 1. The highest BCUT2D eigenvalue weighted by atomic mass is 16.5. The first kappa shape index (κ1) is 15.8. The summed E-state index contributed by atoms with van der Waals surface area (Å²) in [6, 6.07) is 6.66. The quantitative estimate of drug-likeness (QED) is 0.715. The summed E-state index contributed by atoms with van der Waals surface area (Å²) in [4.78, 5) is 22.0. The number of carboxylic acids is 1. The van der Waals surface area contributed by atoms with Crippen molar-refractivity contribution < 1.29 is 19.4 Å². The molecule has 1 rings (SSSR count). The molecule has 0 aromatic heterocycles. The van der Waals surface area contributed by atoms with Gasteiger partial charge in [-0.3, -0.25) is 4.79 Å². The van der Waals surface area contributed by atoms with E-state index in [0.717, 1.165) is 0 Å². The van der Waals surface area contributed by atoms with Crippen LogP contribution in [-0.4, -0.2) is 30.3 Å². The normalized spacial score (nSPS) is 10.2. The third kappa shape index (κ3) is 6.08. The molecule has 0 fully saturated rings. The number of rotatable bonds is 7. The monoisotopic (exact) mass is 280 g/mol. The maximum atomic E-state index is 11.6. The number of carbonyl (C=O) groups is 2. The minimum Gasteiger partial charge on any atom is -0.491 e. The lowest BCUT2D eigenvalue weighted by Gasteiger charge is -2.14. The highest BCUT2D eigenvalue weighted by Gasteiger charge is 2.08. The molecule has 0 saturated heterocycles. The van der Waals surface area contributed by atoms with Gasteiger partial charge < -0.3 is 20.5 Å². The Morgan fingerprint density at radius 1 is 1.30 bits per heavy atom. The summed E-state index contributed by atoms with van der Waals surface area (Å²) < 4.78 is 5.61. The van der Waals surface area contributed by atoms with Gasteiger partial charge in [-0.1, -0.05) is 26.0 Å². The molecule has 0 atom stereocenters. The average Bonchev–Trinajstić information content (AvgIpc) is 2.37. The van der Waals surface area contributed by atoms with E-state index in [9.17, 15) is 9.59 Å². The van der Waals surface area contributed by atoms with Crippen molar-refractivity contribution in [2.75, 3.05) is 18.5 Å². The average molecular weight is 280 g/mol. The van der Waals surface area contributed by atoms with Crippen LogP contribution in [-0.2, 0) is 4.79 Å². The molecular formula is C14H20N2O4. The smallest absolute Gasteiger partial charge is 0.319 e. The van der Waals surface area contributed by atoms with Gasteiger partial charge in [0, 0.05) is 6.54 Å². The van der Waals surface area contributed by atoms with E-state index in [0.29, 0.717) is 24.0 Å². The lowest BCUT2D eigenvalue weighted by atomic mass is 10.2. The Morgan fingerprint density at radius 3 is 2.65 bits per heavy atom. The molecule has 3 N–H and O–H groups in total. The summed E-state index contributed by atoms with van der Waals surface area (Å²) in [5.41, 5.74) is 0.556. The van der Waals surface area contributed by atoms with Crippen molar-refractivity contribution in [1.29, 1.82) is 0 Å². The number of para-hydroxylation sites is 2. The maximum absolute atomic E-state index is 11.6. The Bertz CT molecular complexity index is 460. The number of nitrogens with one attached hydrogen (secondary N) is 2. The van der Waals surface area contributed by atoms with E-state index < -0.39 is 12.0 Å². The van der Waals surface area contributed by atoms with E-state index >= 15 is 0 Å². The number of carbonyl (C=O) groups excluding carboxylic acids is 1. The molecule has 0 aliphatic heterocycles. The van der Waals surface area contributed by atoms with Crippen LogP contribution in [0.3, 0.4) is 0 Å². The second-order valence-electron chi connectivity index (χ2n) is 4.73. The zero-order chi connectivity index (χ0) is 15.0. The van der Waals surface area contributed by atoms with Crippen LogP contribution in [0.5, 0.6) is 5.75 Å². The Hall–Kier alpha value is -2.24. The van der Waals surface area contributed by atoms with Crippen LogP contribution in [0.25, 0.3) is 0 Å². The number of hydrogen-bond acceptors (Lipinski definition) is 3. The Morgan fingerprint density at radius 2 is 2.00 bits per heavy atom. The van der Waals surface area contributed by atoms with Gasteiger partial charge in [-0.15, -0.1) is 0 Å². The van der Waals surface area contributed by atoms with Gasteiger partial charge in [-0.2, -0.15) is 0 Å². The molecule has 0 unspecified atom stereocenters. The van der Waals surface area contributed by atoms with E-state index in [-0.39, 0.29) is 13.0 Å².